The van der Waals surface area contributed by atoms with Gasteiger partial charge in [0.05, 0.1) is 5.52 Å². The van der Waals surface area contributed by atoms with Crippen molar-refractivity contribution in [1.29, 1.82) is 0 Å². The lowest BCUT2D eigenvalue weighted by molar-refractivity contribution is 0.0592. The van der Waals surface area contributed by atoms with Crippen LogP contribution in [0.15, 0.2) is 34.5 Å². The van der Waals surface area contributed by atoms with Crippen molar-refractivity contribution >= 4 is 22.7 Å². The van der Waals surface area contributed by atoms with Crippen molar-refractivity contribution in [2.75, 3.05) is 0 Å². The molecule has 0 aliphatic heterocycles. The summed E-state index contributed by atoms with van der Waals surface area (Å²) in [5.74, 6) is 0.361. The van der Waals surface area contributed by atoms with E-state index in [4.69, 9.17) is 4.74 Å². The summed E-state index contributed by atoms with van der Waals surface area (Å²) in [6, 6.07) is 7.50. The molecule has 2 aromatic rings. The number of aromatic nitrogens is 1. The van der Waals surface area contributed by atoms with Crippen LogP contribution >= 0.6 is 0 Å². The molecule has 1 heterocycles. The molecule has 0 radical (unpaired) electrons. The third kappa shape index (κ3) is 4.09. The Hall–Kier alpha value is -2.37. The van der Waals surface area contributed by atoms with Crippen molar-refractivity contribution in [1.82, 2.24) is 4.57 Å². The highest BCUT2D eigenvalue weighted by atomic mass is 16.6. The minimum absolute atomic E-state index is 0.00667. The van der Waals surface area contributed by atoms with Gasteiger partial charge in [-0.2, -0.15) is 0 Å². The molecule has 0 fully saturated rings. The van der Waals surface area contributed by atoms with Crippen molar-refractivity contribution in [3.05, 3.63) is 24.3 Å². The summed E-state index contributed by atoms with van der Waals surface area (Å²) in [6.45, 7) is 10.0. The van der Waals surface area contributed by atoms with Gasteiger partial charge in [-0.05, 0) is 32.8 Å². The molecule has 1 aromatic heterocycles. The number of hydrogen-bond donors (Lipinski definition) is 1. The van der Waals surface area contributed by atoms with Gasteiger partial charge in [0, 0.05) is 11.9 Å². The second-order valence-corrected chi connectivity index (χ2v) is 6.87. The first-order valence-corrected chi connectivity index (χ1v) is 7.64. The molecular weight excluding hydrogens is 294 g/mol. The van der Waals surface area contributed by atoms with Crippen molar-refractivity contribution < 1.29 is 14.6 Å². The van der Waals surface area contributed by atoms with Crippen LogP contribution in [0.5, 0.6) is 5.88 Å². The third-order valence-electron chi connectivity index (χ3n) is 3.09. The number of para-hydroxylation sites is 1. The normalized spacial score (nSPS) is 12.4. The fourth-order valence-electron chi connectivity index (χ4n) is 2.29. The Bertz CT molecular complexity index is 739. The van der Waals surface area contributed by atoms with Crippen LogP contribution in [0.1, 0.15) is 34.6 Å². The molecule has 6 nitrogen and oxygen atoms in total. The quantitative estimate of drug-likeness (QED) is 0.807. The number of ether oxygens (including phenoxy) is 1. The number of hydrogen-bond acceptors (Lipinski definition) is 4. The van der Waals surface area contributed by atoms with Crippen LogP contribution in [-0.4, -0.2) is 21.4 Å². The number of aromatic hydroxyl groups is 1. The second kappa shape index (κ2) is 6.40. The Balaban J connectivity index is 2.41. The number of benzene rings is 1. The minimum atomic E-state index is -0.780. The SMILES string of the molecule is CC(C)Cn1c(O)c(N=NC(=O)OC(C)(C)C)c2ccccc21. The fraction of sp³-hybridized carbons (Fsp3) is 0.471. The zero-order chi connectivity index (χ0) is 17.2. The molecular formula is C17H23N3O3. The maximum Gasteiger partial charge on any atom is 0.452 e. The van der Waals surface area contributed by atoms with Gasteiger partial charge in [0.15, 0.2) is 5.69 Å². The molecule has 23 heavy (non-hydrogen) atoms. The fourth-order valence-corrected chi connectivity index (χ4v) is 2.29. The maximum absolute atomic E-state index is 11.7. The Morgan fingerprint density at radius 2 is 1.96 bits per heavy atom. The second-order valence-electron chi connectivity index (χ2n) is 6.87. The van der Waals surface area contributed by atoms with Crippen LogP contribution < -0.4 is 0 Å². The molecule has 0 aliphatic rings. The molecule has 0 saturated heterocycles. The summed E-state index contributed by atoms with van der Waals surface area (Å²) in [5, 5.41) is 18.7. The molecule has 1 amide bonds. The highest BCUT2D eigenvalue weighted by Crippen LogP contribution is 2.39. The molecule has 0 spiro atoms. The van der Waals surface area contributed by atoms with E-state index in [-0.39, 0.29) is 11.6 Å². The topological polar surface area (TPSA) is 76.2 Å². The zero-order valence-electron chi connectivity index (χ0n) is 14.2. The standard InChI is InChI=1S/C17H23N3O3/c1-11(2)10-20-13-9-7-6-8-12(13)14(15(20)21)18-19-16(22)23-17(3,4)5/h6-9,11,21H,10H2,1-5H3. The van der Waals surface area contributed by atoms with Gasteiger partial charge >= 0.3 is 6.09 Å². The lowest BCUT2D eigenvalue weighted by atomic mass is 10.2. The van der Waals surface area contributed by atoms with E-state index in [9.17, 15) is 9.90 Å². The van der Waals surface area contributed by atoms with Gasteiger partial charge in [0.1, 0.15) is 5.60 Å². The maximum atomic E-state index is 11.7. The van der Waals surface area contributed by atoms with Crippen LogP contribution in [0.2, 0.25) is 0 Å². The number of nitrogens with zero attached hydrogens (tertiary/aromatic N) is 3. The Labute approximate surface area is 135 Å². The van der Waals surface area contributed by atoms with E-state index in [2.05, 4.69) is 24.1 Å². The molecule has 6 heteroatoms. The number of carbonyl (C=O) groups is 1. The van der Waals surface area contributed by atoms with Crippen LogP contribution in [0.4, 0.5) is 10.5 Å². The van der Waals surface area contributed by atoms with Crippen molar-refractivity contribution in [3.8, 4) is 5.88 Å². The molecule has 0 aliphatic carbocycles. The predicted octanol–water partition coefficient (Wildman–Crippen LogP) is 5.02. The summed E-state index contributed by atoms with van der Waals surface area (Å²) in [6.07, 6.45) is -0.780. The van der Waals surface area contributed by atoms with Gasteiger partial charge in [-0.1, -0.05) is 37.2 Å². The highest BCUT2D eigenvalue weighted by Gasteiger charge is 2.19. The van der Waals surface area contributed by atoms with Crippen LogP contribution in [0.25, 0.3) is 10.9 Å². The van der Waals surface area contributed by atoms with Crippen molar-refractivity contribution in [2.45, 2.75) is 46.8 Å². The minimum Gasteiger partial charge on any atom is -0.493 e. The van der Waals surface area contributed by atoms with E-state index in [1.807, 2.05) is 24.3 Å². The average molecular weight is 317 g/mol. The molecule has 1 N–H and O–H groups in total. The van der Waals surface area contributed by atoms with E-state index in [1.54, 1.807) is 25.3 Å². The van der Waals surface area contributed by atoms with Gasteiger partial charge in [-0.25, -0.2) is 4.79 Å². The molecule has 0 saturated carbocycles. The number of amides is 1. The number of rotatable bonds is 3. The molecule has 124 valence electrons. The van der Waals surface area contributed by atoms with E-state index in [1.165, 1.54) is 0 Å². The van der Waals surface area contributed by atoms with E-state index in [0.717, 1.165) is 10.9 Å². The van der Waals surface area contributed by atoms with Crippen LogP contribution in [0.3, 0.4) is 0 Å². The summed E-state index contributed by atoms with van der Waals surface area (Å²) >= 11 is 0. The lowest BCUT2D eigenvalue weighted by Crippen LogP contribution is -2.21. The van der Waals surface area contributed by atoms with Crippen LogP contribution in [-0.2, 0) is 11.3 Å². The molecule has 0 atom stereocenters. The first kappa shape index (κ1) is 17.0. The third-order valence-corrected chi connectivity index (χ3v) is 3.09. The Morgan fingerprint density at radius 3 is 2.57 bits per heavy atom. The van der Waals surface area contributed by atoms with Gasteiger partial charge < -0.3 is 14.4 Å². The highest BCUT2D eigenvalue weighted by molar-refractivity contribution is 5.95. The van der Waals surface area contributed by atoms with Gasteiger partial charge in [0.2, 0.25) is 5.88 Å². The molecule has 0 bridgehead atoms. The van der Waals surface area contributed by atoms with Gasteiger partial charge in [0.25, 0.3) is 0 Å². The smallest absolute Gasteiger partial charge is 0.452 e. The van der Waals surface area contributed by atoms with Crippen molar-refractivity contribution in [3.63, 3.8) is 0 Å². The van der Waals surface area contributed by atoms with E-state index >= 15 is 0 Å². The summed E-state index contributed by atoms with van der Waals surface area (Å²) in [5.41, 5.74) is 0.507. The molecule has 1 aromatic carbocycles. The van der Waals surface area contributed by atoms with Crippen LogP contribution in [0, 0.1) is 5.92 Å². The van der Waals surface area contributed by atoms with Gasteiger partial charge in [-0.15, -0.1) is 5.11 Å². The number of azo groups is 1. The Kier molecular flexibility index (Phi) is 4.73. The first-order valence-electron chi connectivity index (χ1n) is 7.64. The monoisotopic (exact) mass is 317 g/mol. The lowest BCUT2D eigenvalue weighted by Gasteiger charge is -2.16. The molecule has 0 unspecified atom stereocenters. The number of fused-ring (bicyclic) bond motifs is 1. The number of carbonyl (C=O) groups excluding carboxylic acids is 1. The summed E-state index contributed by atoms with van der Waals surface area (Å²) < 4.78 is 6.88. The first-order chi connectivity index (χ1) is 10.7. The van der Waals surface area contributed by atoms with Gasteiger partial charge in [-0.3, -0.25) is 0 Å². The summed E-state index contributed by atoms with van der Waals surface area (Å²) in [4.78, 5) is 11.7. The van der Waals surface area contributed by atoms with E-state index in [0.29, 0.717) is 12.5 Å². The average Bonchev–Trinajstić information content (AvgIpc) is 2.67. The molecule has 2 rings (SSSR count). The zero-order valence-corrected chi connectivity index (χ0v) is 14.2. The summed E-state index contributed by atoms with van der Waals surface area (Å²) in [7, 11) is 0. The largest absolute Gasteiger partial charge is 0.493 e. The van der Waals surface area contributed by atoms with E-state index < -0.39 is 11.7 Å². The predicted molar refractivity (Wildman–Crippen MR) is 89.2 cm³/mol. The Morgan fingerprint density at radius 1 is 1.30 bits per heavy atom. The van der Waals surface area contributed by atoms with Crippen molar-refractivity contribution in [2.24, 2.45) is 16.1 Å².